The van der Waals surface area contributed by atoms with Crippen LogP contribution in [0.3, 0.4) is 0 Å². The van der Waals surface area contributed by atoms with E-state index in [4.69, 9.17) is 21.1 Å². The van der Waals surface area contributed by atoms with Crippen LogP contribution in [0.4, 0.5) is 0 Å². The van der Waals surface area contributed by atoms with Crippen LogP contribution in [0.15, 0.2) is 60.7 Å². The van der Waals surface area contributed by atoms with Gasteiger partial charge in [0.2, 0.25) is 0 Å². The zero-order valence-electron chi connectivity index (χ0n) is 13.5. The zero-order valence-corrected chi connectivity index (χ0v) is 14.2. The van der Waals surface area contributed by atoms with Crippen LogP contribution >= 0.6 is 11.6 Å². The lowest BCUT2D eigenvalue weighted by Gasteiger charge is -2.07. The summed E-state index contributed by atoms with van der Waals surface area (Å²) in [7, 11) is 0. The monoisotopic (exact) mass is 359 g/mol. The van der Waals surface area contributed by atoms with Gasteiger partial charge in [0, 0.05) is 11.1 Å². The third-order valence-corrected chi connectivity index (χ3v) is 3.43. The van der Waals surface area contributed by atoms with Gasteiger partial charge in [0.15, 0.2) is 6.61 Å². The number of hydrogen-bond donors (Lipinski definition) is 1. The molecule has 1 N–H and O–H groups in total. The summed E-state index contributed by atoms with van der Waals surface area (Å²) in [6, 6.07) is 16.4. The normalized spacial score (nSPS) is 10.4. The van der Waals surface area contributed by atoms with Gasteiger partial charge in [-0.15, -0.1) is 0 Å². The van der Waals surface area contributed by atoms with Gasteiger partial charge in [-0.2, -0.15) is 0 Å². The van der Waals surface area contributed by atoms with Crippen molar-refractivity contribution in [3.05, 3.63) is 71.3 Å². The molecule has 0 saturated carbocycles. The van der Waals surface area contributed by atoms with Crippen LogP contribution < -0.4 is 10.1 Å². The molecule has 2 aromatic carbocycles. The highest BCUT2D eigenvalue weighted by Crippen LogP contribution is 2.16. The molecular formula is C19H18ClNO4. The highest BCUT2D eigenvalue weighted by Gasteiger charge is 2.05. The van der Waals surface area contributed by atoms with E-state index in [-0.39, 0.29) is 6.61 Å². The van der Waals surface area contributed by atoms with E-state index in [0.29, 0.717) is 23.7 Å². The number of para-hydroxylation sites is 1. The molecule has 0 bridgehead atoms. The first-order valence-corrected chi connectivity index (χ1v) is 8.07. The standard InChI is InChI=1S/C19H18ClNO4/c20-17-9-5-4-6-15(17)10-11-19(23)25-14-18(22)21-12-13-24-16-7-2-1-3-8-16/h1-11H,12-14H2,(H,21,22)/b11-10+. The van der Waals surface area contributed by atoms with Crippen LogP contribution in [0.5, 0.6) is 5.75 Å². The predicted octanol–water partition coefficient (Wildman–Crippen LogP) is 3.09. The number of carbonyl (C=O) groups excluding carboxylic acids is 2. The molecular weight excluding hydrogens is 342 g/mol. The van der Waals surface area contributed by atoms with Gasteiger partial charge in [-0.25, -0.2) is 4.79 Å². The summed E-state index contributed by atoms with van der Waals surface area (Å²) in [4.78, 5) is 23.2. The Morgan fingerprint density at radius 3 is 2.52 bits per heavy atom. The lowest BCUT2D eigenvalue weighted by molar-refractivity contribution is -0.143. The predicted molar refractivity (Wildman–Crippen MR) is 96.4 cm³/mol. The molecule has 5 nitrogen and oxygen atoms in total. The van der Waals surface area contributed by atoms with Crippen molar-refractivity contribution in [1.29, 1.82) is 0 Å². The van der Waals surface area contributed by atoms with E-state index in [9.17, 15) is 9.59 Å². The molecule has 1 amide bonds. The largest absolute Gasteiger partial charge is 0.492 e. The second-order valence-corrected chi connectivity index (χ2v) is 5.38. The van der Waals surface area contributed by atoms with Gasteiger partial charge >= 0.3 is 5.97 Å². The molecule has 0 aliphatic heterocycles. The third kappa shape index (κ3) is 7.10. The van der Waals surface area contributed by atoms with Crippen molar-refractivity contribution in [3.63, 3.8) is 0 Å². The highest BCUT2D eigenvalue weighted by molar-refractivity contribution is 6.32. The fourth-order valence-electron chi connectivity index (χ4n) is 1.88. The number of halogens is 1. The molecule has 2 aromatic rings. The molecule has 0 radical (unpaired) electrons. The maximum absolute atomic E-state index is 11.6. The Hall–Kier alpha value is -2.79. The highest BCUT2D eigenvalue weighted by atomic mass is 35.5. The minimum Gasteiger partial charge on any atom is -0.492 e. The van der Waals surface area contributed by atoms with Gasteiger partial charge in [-0.1, -0.05) is 48.0 Å². The van der Waals surface area contributed by atoms with E-state index in [0.717, 1.165) is 5.75 Å². The van der Waals surface area contributed by atoms with Crippen LogP contribution in [0.25, 0.3) is 6.08 Å². The van der Waals surface area contributed by atoms with Gasteiger partial charge in [-0.05, 0) is 29.8 Å². The molecule has 0 aliphatic carbocycles. The van der Waals surface area contributed by atoms with E-state index in [1.165, 1.54) is 12.2 Å². The molecule has 0 spiro atoms. The maximum Gasteiger partial charge on any atom is 0.331 e. The molecule has 25 heavy (non-hydrogen) atoms. The summed E-state index contributed by atoms with van der Waals surface area (Å²) in [5.41, 5.74) is 0.698. The van der Waals surface area contributed by atoms with E-state index >= 15 is 0 Å². The number of nitrogens with one attached hydrogen (secondary N) is 1. The van der Waals surface area contributed by atoms with Crippen molar-refractivity contribution in [2.24, 2.45) is 0 Å². The Balaban J connectivity index is 1.62. The van der Waals surface area contributed by atoms with Gasteiger partial charge in [0.1, 0.15) is 12.4 Å². The summed E-state index contributed by atoms with van der Waals surface area (Å²) >= 11 is 5.97. The zero-order chi connectivity index (χ0) is 17.9. The molecule has 0 aromatic heterocycles. The minimum atomic E-state index is -0.615. The fourth-order valence-corrected chi connectivity index (χ4v) is 2.08. The number of amides is 1. The van der Waals surface area contributed by atoms with Crippen molar-refractivity contribution in [3.8, 4) is 5.75 Å². The number of benzene rings is 2. The van der Waals surface area contributed by atoms with Crippen molar-refractivity contribution < 1.29 is 19.1 Å². The lowest BCUT2D eigenvalue weighted by atomic mass is 10.2. The molecule has 130 valence electrons. The van der Waals surface area contributed by atoms with E-state index < -0.39 is 11.9 Å². The third-order valence-electron chi connectivity index (χ3n) is 3.09. The SMILES string of the molecule is O=C(COC(=O)/C=C/c1ccccc1Cl)NCCOc1ccccc1. The van der Waals surface area contributed by atoms with Crippen LogP contribution in [0, 0.1) is 0 Å². The van der Waals surface area contributed by atoms with E-state index in [1.807, 2.05) is 36.4 Å². The van der Waals surface area contributed by atoms with Crippen LogP contribution in [-0.2, 0) is 14.3 Å². The van der Waals surface area contributed by atoms with Gasteiger partial charge < -0.3 is 14.8 Å². The van der Waals surface area contributed by atoms with Crippen molar-refractivity contribution in [2.45, 2.75) is 0 Å². The Labute approximate surface area is 151 Å². The summed E-state index contributed by atoms with van der Waals surface area (Å²) < 4.78 is 10.3. The maximum atomic E-state index is 11.6. The molecule has 2 rings (SSSR count). The van der Waals surface area contributed by atoms with Crippen LogP contribution in [-0.4, -0.2) is 31.6 Å². The van der Waals surface area contributed by atoms with Crippen molar-refractivity contribution in [2.75, 3.05) is 19.8 Å². The summed E-state index contributed by atoms with van der Waals surface area (Å²) in [6.45, 7) is 0.299. The Kier molecular flexibility index (Phi) is 7.53. The molecule has 0 fully saturated rings. The fraction of sp³-hybridized carbons (Fsp3) is 0.158. The topological polar surface area (TPSA) is 64.6 Å². The molecule has 6 heteroatoms. The smallest absolute Gasteiger partial charge is 0.331 e. The number of rotatable bonds is 8. The molecule has 0 atom stereocenters. The first kappa shape index (κ1) is 18.5. The quantitative estimate of drug-likeness (QED) is 0.447. The second-order valence-electron chi connectivity index (χ2n) is 4.97. The lowest BCUT2D eigenvalue weighted by Crippen LogP contribution is -2.31. The van der Waals surface area contributed by atoms with Gasteiger partial charge in [0.05, 0.1) is 6.54 Å². The first-order chi connectivity index (χ1) is 12.1. The van der Waals surface area contributed by atoms with E-state index in [1.54, 1.807) is 18.2 Å². The van der Waals surface area contributed by atoms with Crippen molar-refractivity contribution >= 4 is 29.6 Å². The second kappa shape index (κ2) is 10.2. The average Bonchev–Trinajstić information content (AvgIpc) is 2.64. The first-order valence-electron chi connectivity index (χ1n) is 7.69. The number of carbonyl (C=O) groups is 2. The molecule has 0 saturated heterocycles. The number of ether oxygens (including phenoxy) is 2. The molecule has 0 aliphatic rings. The molecule has 0 heterocycles. The molecule has 0 unspecified atom stereocenters. The number of esters is 1. The Morgan fingerprint density at radius 1 is 1.04 bits per heavy atom. The summed E-state index contributed by atoms with van der Waals surface area (Å²) in [5, 5.41) is 3.14. The van der Waals surface area contributed by atoms with Gasteiger partial charge in [0.25, 0.3) is 5.91 Å². The van der Waals surface area contributed by atoms with Gasteiger partial charge in [-0.3, -0.25) is 4.79 Å². The Bertz CT molecular complexity index is 731. The average molecular weight is 360 g/mol. The van der Waals surface area contributed by atoms with Crippen LogP contribution in [0.2, 0.25) is 5.02 Å². The minimum absolute atomic E-state index is 0.320. The van der Waals surface area contributed by atoms with Crippen molar-refractivity contribution in [1.82, 2.24) is 5.32 Å². The van der Waals surface area contributed by atoms with E-state index in [2.05, 4.69) is 5.32 Å². The summed E-state index contributed by atoms with van der Waals surface area (Å²) in [5.74, 6) is -0.278. The van der Waals surface area contributed by atoms with Crippen LogP contribution in [0.1, 0.15) is 5.56 Å². The summed E-state index contributed by atoms with van der Waals surface area (Å²) in [6.07, 6.45) is 2.77. The number of hydrogen-bond acceptors (Lipinski definition) is 4. The Morgan fingerprint density at radius 2 is 1.76 bits per heavy atom.